The summed E-state index contributed by atoms with van der Waals surface area (Å²) in [6, 6.07) is 0. The maximum absolute atomic E-state index is 5.62. The van der Waals surface area contributed by atoms with Crippen molar-refractivity contribution in [1.82, 2.24) is 19.0 Å². The van der Waals surface area contributed by atoms with Crippen molar-refractivity contribution in [3.8, 4) is 0 Å². The number of imidazole rings is 1. The summed E-state index contributed by atoms with van der Waals surface area (Å²) in [7, 11) is 5.30. The molecule has 4 heterocycles. The van der Waals surface area contributed by atoms with Crippen LogP contribution in [0.1, 0.15) is 291 Å². The largest absolute Gasteiger partial charge is 0.466 e. The van der Waals surface area contributed by atoms with Crippen LogP contribution in [0.15, 0.2) is 4.42 Å². The van der Waals surface area contributed by atoms with Gasteiger partial charge in [0.1, 0.15) is 17.3 Å². The first-order chi connectivity index (χ1) is 34.1. The van der Waals surface area contributed by atoms with Crippen LogP contribution in [0.4, 0.5) is 0 Å². The lowest BCUT2D eigenvalue weighted by Crippen LogP contribution is -2.49. The third kappa shape index (κ3) is 26.0. The number of aryl methyl sites for hydroxylation is 3. The van der Waals surface area contributed by atoms with Gasteiger partial charge in [-0.25, -0.2) is 4.98 Å². The summed E-state index contributed by atoms with van der Waals surface area (Å²) in [5.74, 6) is 3.26. The highest BCUT2D eigenvalue weighted by Crippen LogP contribution is 2.50. The number of nitrogens with zero attached hydrogens (tertiary/aromatic N) is 4. The molecule has 0 amide bonds. The van der Waals surface area contributed by atoms with E-state index in [1.165, 1.54) is 56.3 Å². The van der Waals surface area contributed by atoms with Crippen LogP contribution in [-0.2, 0) is 40.5 Å². The van der Waals surface area contributed by atoms with Crippen molar-refractivity contribution < 1.29 is 9.15 Å². The molecule has 0 unspecified atom stereocenters. The molecule has 4 aromatic rings. The van der Waals surface area contributed by atoms with Crippen LogP contribution >= 0.6 is 11.3 Å². The zero-order valence-electron chi connectivity index (χ0n) is 62.0. The Morgan fingerprint density at radius 2 is 0.709 bits per heavy atom. The molecule has 0 N–H and O–H groups in total. The van der Waals surface area contributed by atoms with E-state index in [1.54, 1.807) is 9.75 Å². The molecule has 0 atom stereocenters. The average Bonchev–Trinajstić information content (AvgIpc) is 3.82. The molecule has 0 aliphatic rings. The molecule has 4 rings (SSSR count). The zero-order chi connectivity index (χ0) is 64.7. The van der Waals surface area contributed by atoms with Crippen LogP contribution in [0.25, 0.3) is 0 Å². The van der Waals surface area contributed by atoms with Gasteiger partial charge in [-0.3, -0.25) is 4.90 Å². The van der Waals surface area contributed by atoms with Crippen molar-refractivity contribution in [1.29, 1.82) is 0 Å². The number of thiophene rings is 1. The Morgan fingerprint density at radius 3 is 0.797 bits per heavy atom. The second-order valence-corrected chi connectivity index (χ2v) is 41.0. The van der Waals surface area contributed by atoms with Crippen LogP contribution in [0.2, 0.25) is 23.2 Å². The zero-order valence-corrected chi connectivity index (χ0v) is 63.8. The lowest BCUT2D eigenvalue weighted by atomic mass is 9.87. The van der Waals surface area contributed by atoms with Crippen LogP contribution in [0.3, 0.4) is 0 Å². The molecule has 4 aromatic heterocycles. The van der Waals surface area contributed by atoms with E-state index in [-0.39, 0.29) is 43.9 Å². The van der Waals surface area contributed by atoms with E-state index in [4.69, 9.17) is 14.1 Å². The van der Waals surface area contributed by atoms with Crippen LogP contribution < -0.4 is 0 Å². The summed E-state index contributed by atoms with van der Waals surface area (Å²) >= 11 is 2.00. The Balaban J connectivity index is -0.000000862. The molecular weight excluding hydrogens is 1000 g/mol. The van der Waals surface area contributed by atoms with Gasteiger partial charge in [0.2, 0.25) is 0 Å². The lowest BCUT2D eigenvalue weighted by molar-refractivity contribution is -0.102. The van der Waals surface area contributed by atoms with E-state index < -0.39 is 8.07 Å². The number of hydrogen-bond donors (Lipinski definition) is 0. The van der Waals surface area contributed by atoms with Gasteiger partial charge in [0.05, 0.1) is 25.0 Å². The number of furan rings is 1. The Morgan fingerprint density at radius 1 is 0.418 bits per heavy atom. The minimum absolute atomic E-state index is 0.0156. The summed E-state index contributed by atoms with van der Waals surface area (Å²) in [6.07, 6.45) is 0. The van der Waals surface area contributed by atoms with Gasteiger partial charge in [-0.1, -0.05) is 138 Å². The fourth-order valence-electron chi connectivity index (χ4n) is 9.64. The van der Waals surface area contributed by atoms with Crippen LogP contribution in [0.5, 0.6) is 0 Å². The first kappa shape index (κ1) is 80.8. The minimum Gasteiger partial charge on any atom is -0.466 e. The van der Waals surface area contributed by atoms with Gasteiger partial charge in [-0.2, -0.15) is 0 Å². The monoisotopic (exact) mass is 1140 g/mol. The molecule has 0 aromatic carbocycles. The van der Waals surface area contributed by atoms with Gasteiger partial charge < -0.3 is 18.3 Å². The maximum atomic E-state index is 5.62. The lowest BCUT2D eigenvalue weighted by Gasteiger charge is -2.47. The molecule has 0 aliphatic carbocycles. The average molecular weight is 1140 g/mol. The van der Waals surface area contributed by atoms with Gasteiger partial charge in [-0.15, -0.1) is 11.3 Å². The molecule has 8 heteroatoms. The molecule has 6 nitrogen and oxygen atoms in total. The first-order valence-electron chi connectivity index (χ1n) is 29.9. The third-order valence-corrected chi connectivity index (χ3v) is 26.2. The van der Waals surface area contributed by atoms with Crippen molar-refractivity contribution in [2.24, 2.45) is 14.1 Å². The molecule has 0 saturated carbocycles. The van der Waals surface area contributed by atoms with Gasteiger partial charge in [0.15, 0.2) is 0 Å². The molecule has 0 radical (unpaired) electrons. The number of rotatable bonds is 0. The Bertz CT molecular complexity index is 2270. The van der Waals surface area contributed by atoms with E-state index in [2.05, 4.69) is 318 Å². The van der Waals surface area contributed by atoms with E-state index >= 15 is 0 Å². The van der Waals surface area contributed by atoms with Gasteiger partial charge in [-0.05, 0) is 221 Å². The molecule has 0 aliphatic heterocycles. The molecule has 0 saturated heterocycles. The van der Waals surface area contributed by atoms with Crippen LogP contribution in [0, 0.1) is 76.2 Å². The van der Waals surface area contributed by atoms with Gasteiger partial charge in [0, 0.05) is 62.8 Å². The maximum Gasteiger partial charge on any atom is 0.114 e. The van der Waals surface area contributed by atoms with Crippen molar-refractivity contribution in [2.45, 2.75) is 351 Å². The fraction of sp³-hybridized carbons (Fsp3) is 0.789. The van der Waals surface area contributed by atoms with E-state index in [0.29, 0.717) is 10.1 Å². The normalized spacial score (nSPS) is 13.1. The Labute approximate surface area is 500 Å². The Hall–Kier alpha value is -2.39. The predicted molar refractivity (Wildman–Crippen MR) is 363 cm³/mol. The first-order valence-corrected chi connectivity index (χ1v) is 33.7. The predicted octanol–water partition coefficient (Wildman–Crippen LogP) is 22.5. The third-order valence-electron chi connectivity index (χ3n) is 16.4. The number of aromatic nitrogens is 3. The standard InChI is InChI=1S/C14H24S.C13H24N2.C10H24Si.C9H15N.C9H21N.C8H12O.C8H18O/c1-9-10(2)12(14(6,7)8)15-11(9)13(3,4)5;1-9-10(12(2,3)4)15(8)11(14-9)13(5,6)7;1-9(2,3)11(7,8)10(4,5)6;1-6-7(2)9(4)10(5)8(6)3;1-8(2,3)10(7)9(4,5)6;1-5-6(2)8(4)9-7(5)3;1-7(2,3)9-8(4,5)6/h2*1-8H3;1-8H3;1-5H3;1-7H3;1-4H3;1-6H3. The summed E-state index contributed by atoms with van der Waals surface area (Å²) < 4.78 is 15.5. The summed E-state index contributed by atoms with van der Waals surface area (Å²) in [5, 5.41) is 1.04. The van der Waals surface area contributed by atoms with Crippen molar-refractivity contribution in [3.05, 3.63) is 83.3 Å². The summed E-state index contributed by atoms with van der Waals surface area (Å²) in [5.41, 5.74) is 15.1. The second kappa shape index (κ2) is 28.5. The quantitative estimate of drug-likeness (QED) is 0.165. The second-order valence-electron chi connectivity index (χ2n) is 33.7. The Kier molecular flexibility index (Phi) is 29.1. The van der Waals surface area contributed by atoms with Gasteiger partial charge in [0.25, 0.3) is 0 Å². The molecule has 0 spiro atoms. The highest BCUT2D eigenvalue weighted by Gasteiger charge is 2.44. The van der Waals surface area contributed by atoms with E-state index in [1.807, 2.05) is 25.2 Å². The fourth-order valence-corrected chi connectivity index (χ4v) is 13.3. The molecule has 79 heavy (non-hydrogen) atoms. The summed E-state index contributed by atoms with van der Waals surface area (Å²) in [6.45, 7) is 95.7. The molecular formula is C71H138N4O2SSi. The SMILES string of the molecule is CC(C)(C)OC(C)(C)C.CC(C)(C)[Si](C)(C)C(C)(C)C.CN(C(C)(C)C)C(C)(C)C.Cc1c(C(C)(C)C)sc(C(C)(C)C)c1C.Cc1c(C)c(C)n(C)c1C.Cc1nc(C(C)(C)C)n(C)c1C(C)(C)C.Cc1oc(C)c(C)c1C. The summed E-state index contributed by atoms with van der Waals surface area (Å²) in [4.78, 5) is 10.2. The number of hydrogen-bond acceptors (Lipinski definition) is 5. The van der Waals surface area contributed by atoms with Crippen molar-refractivity contribution in [3.63, 3.8) is 0 Å². The van der Waals surface area contributed by atoms with E-state index in [9.17, 15) is 0 Å². The molecule has 464 valence electrons. The molecule has 0 fully saturated rings. The molecule has 0 bridgehead atoms. The van der Waals surface area contributed by atoms with Crippen molar-refractivity contribution in [2.75, 3.05) is 7.05 Å². The smallest absolute Gasteiger partial charge is 0.114 e. The van der Waals surface area contributed by atoms with Gasteiger partial charge >= 0.3 is 0 Å². The highest BCUT2D eigenvalue weighted by atomic mass is 32.1. The topological polar surface area (TPSA) is 48.4 Å². The van der Waals surface area contributed by atoms with Crippen LogP contribution in [-0.4, -0.2) is 56.4 Å². The number of ether oxygens (including phenoxy) is 1. The van der Waals surface area contributed by atoms with E-state index in [0.717, 1.165) is 17.2 Å². The highest BCUT2D eigenvalue weighted by molar-refractivity contribution is 7.12. The minimum atomic E-state index is -1.11. The van der Waals surface area contributed by atoms with Crippen molar-refractivity contribution >= 4 is 19.4 Å².